The summed E-state index contributed by atoms with van der Waals surface area (Å²) in [5.74, 6) is 0.841. The third-order valence-electron chi connectivity index (χ3n) is 4.68. The van der Waals surface area contributed by atoms with Crippen LogP contribution in [0.5, 0.6) is 11.5 Å². The number of ether oxygens (including phenoxy) is 2. The molecule has 2 aromatic rings. The highest BCUT2D eigenvalue weighted by Crippen LogP contribution is 2.35. The topological polar surface area (TPSA) is 85.3 Å². The van der Waals surface area contributed by atoms with Crippen molar-refractivity contribution in [3.63, 3.8) is 0 Å². The molecule has 0 aromatic heterocycles. The van der Waals surface area contributed by atoms with Crippen LogP contribution in [0.4, 0.5) is 0 Å². The summed E-state index contributed by atoms with van der Waals surface area (Å²) < 4.78 is 40.6. The van der Waals surface area contributed by atoms with Crippen molar-refractivity contribution in [1.82, 2.24) is 4.90 Å². The molecule has 0 spiro atoms. The second-order valence-corrected chi connectivity index (χ2v) is 9.70. The van der Waals surface area contributed by atoms with Crippen LogP contribution < -0.4 is 9.47 Å². The van der Waals surface area contributed by atoms with Gasteiger partial charge in [-0.1, -0.05) is 43.7 Å². The van der Waals surface area contributed by atoms with Crippen LogP contribution in [-0.2, 0) is 14.8 Å². The van der Waals surface area contributed by atoms with Crippen molar-refractivity contribution >= 4 is 38.9 Å². The fourth-order valence-corrected chi connectivity index (χ4v) is 5.20. The van der Waals surface area contributed by atoms with Crippen molar-refractivity contribution < 1.29 is 22.7 Å². The van der Waals surface area contributed by atoms with Crippen molar-refractivity contribution in [2.75, 3.05) is 20.3 Å². The number of carbonyl (C=O) groups is 1. The Morgan fingerprint density at radius 3 is 2.58 bits per heavy atom. The number of unbranched alkanes of at least 4 members (excludes halogenated alkanes) is 1. The van der Waals surface area contributed by atoms with E-state index in [1.54, 1.807) is 49.6 Å². The summed E-state index contributed by atoms with van der Waals surface area (Å²) in [5.41, 5.74) is 0.726. The second kappa shape index (κ2) is 11.2. The van der Waals surface area contributed by atoms with Crippen LogP contribution in [0.1, 0.15) is 25.3 Å². The standard InChI is InChI=1S/C24H26N2O5S2/c1-4-6-15-31-21-16-18(12-13-20(21)30-3)17-22-23(27)26(14-5-2)24(32-22)25-33(28,29)19-10-8-7-9-11-19/h5,7-13,16-17H,2,4,6,14-15H2,1,3H3/b22-17-,25-24?. The zero-order chi connectivity index (χ0) is 23.8. The number of thioether (sulfide) groups is 1. The number of sulfonamides is 1. The Morgan fingerprint density at radius 1 is 1.15 bits per heavy atom. The third-order valence-corrected chi connectivity index (χ3v) is 7.08. The largest absolute Gasteiger partial charge is 0.493 e. The second-order valence-electron chi connectivity index (χ2n) is 7.09. The first-order valence-electron chi connectivity index (χ1n) is 10.4. The Hall–Kier alpha value is -3.04. The molecule has 33 heavy (non-hydrogen) atoms. The van der Waals surface area contributed by atoms with Crippen LogP contribution in [-0.4, -0.2) is 44.7 Å². The zero-order valence-electron chi connectivity index (χ0n) is 18.6. The molecule has 0 N–H and O–H groups in total. The van der Waals surface area contributed by atoms with E-state index in [1.165, 1.54) is 23.1 Å². The number of hydrogen-bond donors (Lipinski definition) is 0. The lowest BCUT2D eigenvalue weighted by Gasteiger charge is -2.12. The monoisotopic (exact) mass is 486 g/mol. The van der Waals surface area contributed by atoms with E-state index in [0.29, 0.717) is 23.0 Å². The minimum atomic E-state index is -3.97. The molecule has 1 saturated heterocycles. The molecule has 1 fully saturated rings. The molecule has 9 heteroatoms. The number of rotatable bonds is 10. The van der Waals surface area contributed by atoms with E-state index >= 15 is 0 Å². The number of nitrogens with zero attached hydrogens (tertiary/aromatic N) is 2. The number of amides is 1. The van der Waals surface area contributed by atoms with Crippen molar-refractivity contribution in [3.8, 4) is 11.5 Å². The summed E-state index contributed by atoms with van der Waals surface area (Å²) in [6.45, 7) is 6.44. The SMILES string of the molecule is C=CCN1C(=O)/C(=C/c2ccc(OC)c(OCCCC)c2)SC1=NS(=O)(=O)c1ccccc1. The third kappa shape index (κ3) is 6.06. The lowest BCUT2D eigenvalue weighted by Crippen LogP contribution is -2.29. The molecule has 1 amide bonds. The smallest absolute Gasteiger partial charge is 0.284 e. The van der Waals surface area contributed by atoms with Gasteiger partial charge in [0.2, 0.25) is 0 Å². The molecule has 2 aromatic carbocycles. The molecule has 0 radical (unpaired) electrons. The van der Waals surface area contributed by atoms with Crippen molar-refractivity contribution in [3.05, 3.63) is 71.7 Å². The first kappa shape index (κ1) is 24.6. The number of hydrogen-bond acceptors (Lipinski definition) is 6. The van der Waals surface area contributed by atoms with E-state index in [0.717, 1.165) is 30.2 Å². The van der Waals surface area contributed by atoms with E-state index in [9.17, 15) is 13.2 Å². The highest BCUT2D eigenvalue weighted by atomic mass is 32.2. The van der Waals surface area contributed by atoms with Gasteiger partial charge in [0, 0.05) is 6.54 Å². The minimum absolute atomic E-state index is 0.0607. The van der Waals surface area contributed by atoms with Crippen LogP contribution >= 0.6 is 11.8 Å². The van der Waals surface area contributed by atoms with Crippen molar-refractivity contribution in [1.29, 1.82) is 0 Å². The van der Waals surface area contributed by atoms with Gasteiger partial charge in [-0.05, 0) is 54.1 Å². The molecule has 0 bridgehead atoms. The Kier molecular flexibility index (Phi) is 8.35. The Balaban J connectivity index is 1.94. The molecule has 7 nitrogen and oxygen atoms in total. The van der Waals surface area contributed by atoms with Crippen LogP contribution in [0.25, 0.3) is 6.08 Å². The van der Waals surface area contributed by atoms with Crippen molar-refractivity contribution in [2.24, 2.45) is 4.40 Å². The summed E-state index contributed by atoms with van der Waals surface area (Å²) >= 11 is 1.01. The average molecular weight is 487 g/mol. The van der Waals surface area contributed by atoms with Gasteiger partial charge in [0.1, 0.15) is 0 Å². The van der Waals surface area contributed by atoms with E-state index in [-0.39, 0.29) is 22.5 Å². The maximum atomic E-state index is 13.0. The number of amidine groups is 1. The summed E-state index contributed by atoms with van der Waals surface area (Å²) in [4.78, 5) is 14.7. The van der Waals surface area contributed by atoms with Gasteiger partial charge in [-0.3, -0.25) is 9.69 Å². The van der Waals surface area contributed by atoms with E-state index in [4.69, 9.17) is 9.47 Å². The Labute approximate surface area is 198 Å². The predicted octanol–water partition coefficient (Wildman–Crippen LogP) is 4.72. The lowest BCUT2D eigenvalue weighted by atomic mass is 10.2. The molecule has 1 aliphatic heterocycles. The van der Waals surface area contributed by atoms with Crippen molar-refractivity contribution in [2.45, 2.75) is 24.7 Å². The maximum Gasteiger partial charge on any atom is 0.284 e. The molecule has 0 saturated carbocycles. The maximum absolute atomic E-state index is 13.0. The Bertz CT molecular complexity index is 1170. The number of carbonyl (C=O) groups excluding carboxylic acids is 1. The van der Waals surface area contributed by atoms with E-state index in [1.807, 2.05) is 0 Å². The molecule has 0 unspecified atom stereocenters. The summed E-state index contributed by atoms with van der Waals surface area (Å²) in [7, 11) is -2.40. The van der Waals surface area contributed by atoms with E-state index in [2.05, 4.69) is 17.9 Å². The van der Waals surface area contributed by atoms with Gasteiger partial charge in [-0.15, -0.1) is 11.0 Å². The molecule has 0 atom stereocenters. The van der Waals surface area contributed by atoms with Gasteiger partial charge < -0.3 is 9.47 Å². The zero-order valence-corrected chi connectivity index (χ0v) is 20.2. The molecule has 0 aliphatic carbocycles. The fraction of sp³-hybridized carbons (Fsp3) is 0.250. The van der Waals surface area contributed by atoms with Crippen LogP contribution in [0, 0.1) is 0 Å². The van der Waals surface area contributed by atoms with Crippen LogP contribution in [0.2, 0.25) is 0 Å². The lowest BCUT2D eigenvalue weighted by molar-refractivity contribution is -0.121. The summed E-state index contributed by atoms with van der Waals surface area (Å²) in [6, 6.07) is 13.3. The normalized spacial score (nSPS) is 16.4. The molecule has 1 heterocycles. The first-order valence-corrected chi connectivity index (χ1v) is 12.7. The number of methoxy groups -OCH3 is 1. The van der Waals surface area contributed by atoms with Gasteiger partial charge in [-0.2, -0.15) is 8.42 Å². The van der Waals surface area contributed by atoms with Crippen LogP contribution in [0.3, 0.4) is 0 Å². The highest BCUT2D eigenvalue weighted by Gasteiger charge is 2.34. The van der Waals surface area contributed by atoms with Gasteiger partial charge in [0.05, 0.1) is 23.5 Å². The quantitative estimate of drug-likeness (QED) is 0.274. The number of benzene rings is 2. The molecular formula is C24H26N2O5S2. The average Bonchev–Trinajstić information content (AvgIpc) is 3.08. The molecule has 174 valence electrons. The molecule has 3 rings (SSSR count). The van der Waals surface area contributed by atoms with Gasteiger partial charge in [0.15, 0.2) is 16.7 Å². The fourth-order valence-electron chi connectivity index (χ4n) is 2.99. The summed E-state index contributed by atoms with van der Waals surface area (Å²) in [6.07, 6.45) is 5.13. The molecular weight excluding hydrogens is 460 g/mol. The van der Waals surface area contributed by atoms with Gasteiger partial charge in [0.25, 0.3) is 15.9 Å². The van der Waals surface area contributed by atoms with E-state index < -0.39 is 10.0 Å². The minimum Gasteiger partial charge on any atom is -0.493 e. The Morgan fingerprint density at radius 2 is 1.91 bits per heavy atom. The van der Waals surface area contributed by atoms with Gasteiger partial charge >= 0.3 is 0 Å². The summed E-state index contributed by atoms with van der Waals surface area (Å²) in [5, 5.41) is 0.0861. The van der Waals surface area contributed by atoms with Crippen LogP contribution in [0.15, 0.2) is 75.4 Å². The first-order chi connectivity index (χ1) is 15.9. The predicted molar refractivity (Wildman–Crippen MR) is 132 cm³/mol. The highest BCUT2D eigenvalue weighted by molar-refractivity contribution is 8.19. The molecule has 1 aliphatic rings. The van der Waals surface area contributed by atoms with Gasteiger partial charge in [-0.25, -0.2) is 0 Å².